The minimum atomic E-state index is -1.00. The number of allylic oxidation sites excluding steroid dienone is 2. The molecular weight excluding hydrogens is 421 g/mol. The Morgan fingerprint density at radius 2 is 1.94 bits per heavy atom. The van der Waals surface area contributed by atoms with Crippen LogP contribution in [0.25, 0.3) is 29.4 Å². The maximum atomic E-state index is 13.7. The minimum absolute atomic E-state index is 0.0112. The smallest absolute Gasteiger partial charge is 0.308 e. The molecule has 1 aromatic heterocycles. The number of rotatable bonds is 8. The Bertz CT molecular complexity index is 1100. The second kappa shape index (κ2) is 10.2. The van der Waals surface area contributed by atoms with Gasteiger partial charge in [0.2, 0.25) is 0 Å². The number of esters is 1. The summed E-state index contributed by atoms with van der Waals surface area (Å²) in [5.74, 6) is -0.483. The number of aliphatic hydroxyl groups excluding tert-OH is 2. The molecule has 1 saturated carbocycles. The monoisotopic (exact) mass is 449 g/mol. The van der Waals surface area contributed by atoms with Gasteiger partial charge in [-0.15, -0.1) is 0 Å². The molecule has 2 aliphatic rings. The van der Waals surface area contributed by atoms with Crippen molar-refractivity contribution in [3.63, 3.8) is 0 Å². The van der Waals surface area contributed by atoms with Gasteiger partial charge in [-0.3, -0.25) is 9.78 Å². The lowest BCUT2D eigenvalue weighted by Crippen LogP contribution is -2.20. The number of benzene rings is 1. The maximum absolute atomic E-state index is 13.7. The maximum Gasteiger partial charge on any atom is 0.308 e. The summed E-state index contributed by atoms with van der Waals surface area (Å²) >= 11 is 0. The van der Waals surface area contributed by atoms with Crippen LogP contribution in [0.15, 0.2) is 42.5 Å². The van der Waals surface area contributed by atoms with Crippen LogP contribution < -0.4 is 0 Å². The molecule has 1 aromatic carbocycles. The number of halogens is 1. The molecule has 0 radical (unpaired) electrons. The number of fused-ring (bicyclic) bond motifs is 1. The molecule has 0 aliphatic heterocycles. The highest BCUT2D eigenvalue weighted by Crippen LogP contribution is 2.45. The summed E-state index contributed by atoms with van der Waals surface area (Å²) in [6.07, 6.45) is 12.5. The zero-order valence-corrected chi connectivity index (χ0v) is 18.6. The van der Waals surface area contributed by atoms with E-state index in [-0.39, 0.29) is 18.7 Å². The molecule has 2 N–H and O–H groups in total. The van der Waals surface area contributed by atoms with E-state index in [2.05, 4.69) is 16.9 Å². The topological polar surface area (TPSA) is 79.7 Å². The predicted molar refractivity (Wildman–Crippen MR) is 127 cm³/mol. The van der Waals surface area contributed by atoms with Crippen LogP contribution in [0.1, 0.15) is 60.5 Å². The van der Waals surface area contributed by atoms with Crippen molar-refractivity contribution in [3.05, 3.63) is 70.8 Å². The lowest BCUT2D eigenvalue weighted by Gasteiger charge is -2.18. The number of nitrogens with zero attached hydrogens (tertiary/aromatic N) is 1. The molecule has 0 saturated heterocycles. The average molecular weight is 450 g/mol. The third kappa shape index (κ3) is 5.64. The summed E-state index contributed by atoms with van der Waals surface area (Å²) in [4.78, 5) is 16.3. The number of ether oxygens (including phenoxy) is 1. The number of aliphatic hydroxyl groups is 2. The van der Waals surface area contributed by atoms with E-state index < -0.39 is 18.2 Å². The van der Waals surface area contributed by atoms with Gasteiger partial charge in [-0.25, -0.2) is 4.39 Å². The number of carbonyl (C=O) groups excluding carboxylic acids is 1. The molecule has 172 valence electrons. The first-order valence-corrected chi connectivity index (χ1v) is 11.2. The summed E-state index contributed by atoms with van der Waals surface area (Å²) in [5, 5.41) is 20.6. The van der Waals surface area contributed by atoms with Gasteiger partial charge in [0.15, 0.2) is 0 Å². The van der Waals surface area contributed by atoms with Gasteiger partial charge < -0.3 is 14.9 Å². The van der Waals surface area contributed by atoms with Gasteiger partial charge in [0.1, 0.15) is 5.82 Å². The summed E-state index contributed by atoms with van der Waals surface area (Å²) in [7, 11) is 1.26. The van der Waals surface area contributed by atoms with Crippen LogP contribution in [-0.2, 0) is 9.53 Å². The van der Waals surface area contributed by atoms with E-state index >= 15 is 0 Å². The lowest BCUT2D eigenvalue weighted by molar-refractivity contribution is -0.143. The molecule has 1 heterocycles. The summed E-state index contributed by atoms with van der Waals surface area (Å²) in [6.45, 7) is 0. The zero-order valence-electron chi connectivity index (χ0n) is 18.6. The van der Waals surface area contributed by atoms with Gasteiger partial charge in [0.05, 0.1) is 37.1 Å². The largest absolute Gasteiger partial charge is 0.469 e. The molecule has 4 rings (SSSR count). The first kappa shape index (κ1) is 23.1. The Hall–Kier alpha value is -3.09. The Morgan fingerprint density at radius 1 is 1.21 bits per heavy atom. The highest BCUT2D eigenvalue weighted by molar-refractivity contribution is 5.88. The Morgan fingerprint density at radius 3 is 2.64 bits per heavy atom. The SMILES string of the molecule is COC(=O)CC(O)CC(O)/C=C/c1c(C2CC2)nc2c(c1-c1ccc(F)cc1)C=CCC=C2. The Labute approximate surface area is 192 Å². The molecule has 2 aliphatic carbocycles. The molecule has 2 unspecified atom stereocenters. The molecule has 0 spiro atoms. The molecule has 0 amide bonds. The molecule has 6 heteroatoms. The van der Waals surface area contributed by atoms with Crippen molar-refractivity contribution >= 4 is 24.2 Å². The summed E-state index contributed by atoms with van der Waals surface area (Å²) < 4.78 is 18.2. The number of pyridine rings is 1. The van der Waals surface area contributed by atoms with Gasteiger partial charge in [0.25, 0.3) is 0 Å². The van der Waals surface area contributed by atoms with Crippen LogP contribution in [0.5, 0.6) is 0 Å². The number of aromatic nitrogens is 1. The standard InChI is InChI=1S/C27H28FNO4/c1-33-25(32)16-21(31)15-20(30)13-14-23-26(17-9-11-19(28)12-10-17)22-5-3-2-4-6-24(22)29-27(23)18-7-8-18/h3-6,9-14,18,20-21,30-31H,2,7-8,15-16H2,1H3/b14-13+. The van der Waals surface area contributed by atoms with Gasteiger partial charge >= 0.3 is 5.97 Å². The summed E-state index contributed by atoms with van der Waals surface area (Å²) in [6, 6.07) is 6.41. The van der Waals surface area contributed by atoms with Crippen LogP contribution >= 0.6 is 0 Å². The minimum Gasteiger partial charge on any atom is -0.469 e. The first-order valence-electron chi connectivity index (χ1n) is 11.2. The number of hydrogen-bond acceptors (Lipinski definition) is 5. The molecule has 0 bridgehead atoms. The first-order chi connectivity index (χ1) is 16.0. The fraction of sp³-hybridized carbons (Fsp3) is 0.333. The van der Waals surface area contributed by atoms with Gasteiger partial charge in [-0.2, -0.15) is 0 Å². The van der Waals surface area contributed by atoms with Crippen molar-refractivity contribution in [2.45, 2.75) is 50.2 Å². The van der Waals surface area contributed by atoms with Crippen molar-refractivity contribution in [2.75, 3.05) is 7.11 Å². The number of carbonyl (C=O) groups is 1. The lowest BCUT2D eigenvalue weighted by atomic mass is 9.90. The Balaban J connectivity index is 1.75. The van der Waals surface area contributed by atoms with Crippen molar-refractivity contribution in [3.8, 4) is 11.1 Å². The zero-order chi connectivity index (χ0) is 23.4. The second-order valence-corrected chi connectivity index (χ2v) is 8.50. The average Bonchev–Trinajstić information content (AvgIpc) is 3.64. The third-order valence-corrected chi connectivity index (χ3v) is 5.89. The van der Waals surface area contributed by atoms with Crippen LogP contribution in [0.2, 0.25) is 0 Å². The fourth-order valence-electron chi connectivity index (χ4n) is 4.08. The molecule has 5 nitrogen and oxygen atoms in total. The molecule has 2 atom stereocenters. The van der Waals surface area contributed by atoms with Gasteiger partial charge in [0, 0.05) is 29.0 Å². The molecule has 1 fully saturated rings. The van der Waals surface area contributed by atoms with Crippen LogP contribution in [0.3, 0.4) is 0 Å². The molecular formula is C27H28FNO4. The second-order valence-electron chi connectivity index (χ2n) is 8.50. The molecule has 2 aromatic rings. The van der Waals surface area contributed by atoms with Crippen molar-refractivity contribution in [2.24, 2.45) is 0 Å². The van der Waals surface area contributed by atoms with E-state index in [1.54, 1.807) is 18.2 Å². The number of methoxy groups -OCH3 is 1. The van der Waals surface area contributed by atoms with Crippen molar-refractivity contribution in [1.82, 2.24) is 4.98 Å². The summed E-state index contributed by atoms with van der Waals surface area (Å²) in [5.41, 5.74) is 5.52. The van der Waals surface area contributed by atoms with E-state index in [0.29, 0.717) is 5.92 Å². The van der Waals surface area contributed by atoms with E-state index in [0.717, 1.165) is 52.9 Å². The fourth-order valence-corrected chi connectivity index (χ4v) is 4.08. The van der Waals surface area contributed by atoms with E-state index in [1.165, 1.54) is 19.2 Å². The quantitative estimate of drug-likeness (QED) is 0.562. The molecule has 33 heavy (non-hydrogen) atoms. The van der Waals surface area contributed by atoms with Crippen LogP contribution in [0.4, 0.5) is 4.39 Å². The van der Waals surface area contributed by atoms with Gasteiger partial charge in [-0.1, -0.05) is 42.5 Å². The highest BCUT2D eigenvalue weighted by Gasteiger charge is 2.30. The van der Waals surface area contributed by atoms with Crippen molar-refractivity contribution < 1.29 is 24.1 Å². The number of hydrogen-bond donors (Lipinski definition) is 2. The normalized spacial score (nSPS) is 17.0. The predicted octanol–water partition coefficient (Wildman–Crippen LogP) is 4.88. The van der Waals surface area contributed by atoms with Crippen molar-refractivity contribution in [1.29, 1.82) is 0 Å². The van der Waals surface area contributed by atoms with E-state index in [1.807, 2.05) is 18.2 Å². The van der Waals surface area contributed by atoms with Gasteiger partial charge in [-0.05, 0) is 43.0 Å². The van der Waals surface area contributed by atoms with Crippen LogP contribution in [0, 0.1) is 5.82 Å². The third-order valence-electron chi connectivity index (χ3n) is 5.89. The van der Waals surface area contributed by atoms with E-state index in [9.17, 15) is 19.4 Å². The Kier molecular flexibility index (Phi) is 7.16. The highest BCUT2D eigenvalue weighted by atomic mass is 19.1. The van der Waals surface area contributed by atoms with E-state index in [4.69, 9.17) is 4.98 Å². The van der Waals surface area contributed by atoms with Crippen LogP contribution in [-0.4, -0.2) is 40.5 Å².